The molecule has 2 aromatic carbocycles. The Morgan fingerprint density at radius 3 is 2.53 bits per heavy atom. The van der Waals surface area contributed by atoms with Gasteiger partial charge in [-0.25, -0.2) is 4.98 Å². The SMILES string of the molecule is CC(Oc1cc(-c2ccc(C(N)=O)cc2CCN2CCCC2)cnc1N)c1c(Cl)cccc1Cl. The molecule has 1 aromatic heterocycles. The Hall–Kier alpha value is -2.80. The summed E-state index contributed by atoms with van der Waals surface area (Å²) in [5, 5.41) is 1.04. The van der Waals surface area contributed by atoms with Crippen LogP contribution >= 0.6 is 23.2 Å². The summed E-state index contributed by atoms with van der Waals surface area (Å²) >= 11 is 12.7. The van der Waals surface area contributed by atoms with E-state index in [-0.39, 0.29) is 5.82 Å². The summed E-state index contributed by atoms with van der Waals surface area (Å²) in [6.07, 6.45) is 4.53. The third-order valence-corrected chi connectivity index (χ3v) is 6.85. The molecule has 0 saturated carbocycles. The van der Waals surface area contributed by atoms with Crippen molar-refractivity contribution in [2.24, 2.45) is 5.73 Å². The summed E-state index contributed by atoms with van der Waals surface area (Å²) in [7, 11) is 0. The molecule has 4 rings (SSSR count). The zero-order chi connectivity index (χ0) is 24.2. The zero-order valence-corrected chi connectivity index (χ0v) is 20.6. The lowest BCUT2D eigenvalue weighted by molar-refractivity contribution is 0.1000. The van der Waals surface area contributed by atoms with Gasteiger partial charge in [-0.05, 0) is 80.7 Å². The average Bonchev–Trinajstić information content (AvgIpc) is 3.32. The van der Waals surface area contributed by atoms with E-state index < -0.39 is 12.0 Å². The number of carbonyl (C=O) groups excluding carboxylic acids is 1. The number of ether oxygens (including phenoxy) is 1. The Bertz CT molecular complexity index is 1180. The molecule has 1 amide bonds. The predicted octanol–water partition coefficient (Wildman–Crippen LogP) is 5.51. The van der Waals surface area contributed by atoms with Crippen molar-refractivity contribution in [2.75, 3.05) is 25.4 Å². The van der Waals surface area contributed by atoms with Crippen LogP contribution in [-0.2, 0) is 6.42 Å². The van der Waals surface area contributed by atoms with Crippen LogP contribution in [0.1, 0.15) is 47.4 Å². The third-order valence-electron chi connectivity index (χ3n) is 6.19. The van der Waals surface area contributed by atoms with Crippen LogP contribution in [0.25, 0.3) is 11.1 Å². The number of nitrogens with two attached hydrogens (primary N) is 2. The molecule has 1 unspecified atom stereocenters. The molecule has 8 heteroatoms. The Morgan fingerprint density at radius 1 is 1.15 bits per heavy atom. The van der Waals surface area contributed by atoms with E-state index in [1.54, 1.807) is 30.5 Å². The van der Waals surface area contributed by atoms with E-state index in [0.29, 0.717) is 26.9 Å². The first kappa shape index (κ1) is 24.3. The van der Waals surface area contributed by atoms with Gasteiger partial charge < -0.3 is 21.1 Å². The van der Waals surface area contributed by atoms with Crippen molar-refractivity contribution in [1.82, 2.24) is 9.88 Å². The largest absolute Gasteiger partial charge is 0.482 e. The van der Waals surface area contributed by atoms with E-state index in [9.17, 15) is 4.79 Å². The van der Waals surface area contributed by atoms with Crippen LogP contribution in [0, 0.1) is 0 Å². The van der Waals surface area contributed by atoms with E-state index in [2.05, 4.69) is 9.88 Å². The maximum atomic E-state index is 11.8. The molecule has 1 aliphatic rings. The van der Waals surface area contributed by atoms with Gasteiger partial charge in [0.15, 0.2) is 11.6 Å². The fourth-order valence-corrected chi connectivity index (χ4v) is 5.07. The highest BCUT2D eigenvalue weighted by molar-refractivity contribution is 6.36. The number of benzene rings is 2. The van der Waals surface area contributed by atoms with Gasteiger partial charge in [-0.15, -0.1) is 0 Å². The van der Waals surface area contributed by atoms with Gasteiger partial charge in [-0.3, -0.25) is 4.79 Å². The number of nitrogens with zero attached hydrogens (tertiary/aromatic N) is 2. The van der Waals surface area contributed by atoms with Gasteiger partial charge in [-0.2, -0.15) is 0 Å². The van der Waals surface area contributed by atoms with Gasteiger partial charge in [0.2, 0.25) is 5.91 Å². The normalized spacial score (nSPS) is 14.8. The van der Waals surface area contributed by atoms with Gasteiger partial charge in [0.1, 0.15) is 6.10 Å². The standard InChI is InChI=1S/C26H28Cl2N4O2/c1-16(24-21(27)5-4-6-22(24)28)34-23-14-19(15-31-25(23)29)20-8-7-18(26(30)33)13-17(20)9-12-32-10-2-3-11-32/h4-8,13-16H,2-3,9-12H2,1H3,(H2,29,31)(H2,30,33). The second-order valence-corrected chi connectivity index (χ2v) is 9.35. The van der Waals surface area contributed by atoms with Crippen molar-refractivity contribution in [2.45, 2.75) is 32.3 Å². The topological polar surface area (TPSA) is 94.5 Å². The van der Waals surface area contributed by atoms with E-state index in [1.807, 2.05) is 25.1 Å². The molecule has 0 bridgehead atoms. The minimum Gasteiger partial charge on any atom is -0.482 e. The number of anilines is 1. The minimum absolute atomic E-state index is 0.270. The van der Waals surface area contributed by atoms with Crippen molar-refractivity contribution in [3.05, 3.63) is 75.4 Å². The van der Waals surface area contributed by atoms with Gasteiger partial charge in [-0.1, -0.05) is 35.3 Å². The molecule has 1 fully saturated rings. The van der Waals surface area contributed by atoms with Gasteiger partial charge in [0.25, 0.3) is 0 Å². The Labute approximate surface area is 209 Å². The molecule has 3 aromatic rings. The summed E-state index contributed by atoms with van der Waals surface area (Å²) in [6, 6.07) is 12.7. The number of amides is 1. The van der Waals surface area contributed by atoms with Crippen LogP contribution in [-0.4, -0.2) is 35.4 Å². The van der Waals surface area contributed by atoms with E-state index in [4.69, 9.17) is 39.4 Å². The van der Waals surface area contributed by atoms with Crippen LogP contribution in [0.3, 0.4) is 0 Å². The lowest BCUT2D eigenvalue weighted by Gasteiger charge is -2.20. The summed E-state index contributed by atoms with van der Waals surface area (Å²) in [4.78, 5) is 18.6. The molecule has 178 valence electrons. The number of hydrogen-bond donors (Lipinski definition) is 2. The summed E-state index contributed by atoms with van der Waals surface area (Å²) in [5.74, 6) is 0.260. The Kier molecular flexibility index (Phi) is 7.61. The first-order valence-corrected chi connectivity index (χ1v) is 12.1. The molecule has 1 atom stereocenters. The minimum atomic E-state index is -0.445. The highest BCUT2D eigenvalue weighted by atomic mass is 35.5. The number of rotatable bonds is 8. The lowest BCUT2D eigenvalue weighted by atomic mass is 9.96. The first-order valence-electron chi connectivity index (χ1n) is 11.3. The summed E-state index contributed by atoms with van der Waals surface area (Å²) < 4.78 is 6.16. The second kappa shape index (κ2) is 10.6. The average molecular weight is 499 g/mol. The Morgan fingerprint density at radius 2 is 1.85 bits per heavy atom. The maximum Gasteiger partial charge on any atom is 0.248 e. The van der Waals surface area contributed by atoms with Crippen LogP contribution < -0.4 is 16.2 Å². The van der Waals surface area contributed by atoms with Gasteiger partial charge in [0, 0.05) is 39.5 Å². The second-order valence-electron chi connectivity index (χ2n) is 8.54. The number of likely N-dealkylation sites (tertiary alicyclic amines) is 1. The molecule has 34 heavy (non-hydrogen) atoms. The molecule has 6 nitrogen and oxygen atoms in total. The van der Waals surface area contributed by atoms with E-state index in [1.165, 1.54) is 12.8 Å². The van der Waals surface area contributed by atoms with Crippen LogP contribution in [0.15, 0.2) is 48.7 Å². The number of aromatic nitrogens is 1. The molecule has 4 N–H and O–H groups in total. The van der Waals surface area contributed by atoms with Gasteiger partial charge >= 0.3 is 0 Å². The zero-order valence-electron chi connectivity index (χ0n) is 19.1. The smallest absolute Gasteiger partial charge is 0.248 e. The van der Waals surface area contributed by atoms with Crippen molar-refractivity contribution < 1.29 is 9.53 Å². The molecule has 0 radical (unpaired) electrons. The monoisotopic (exact) mass is 498 g/mol. The highest BCUT2D eigenvalue weighted by Gasteiger charge is 2.19. The summed E-state index contributed by atoms with van der Waals surface area (Å²) in [6.45, 7) is 4.99. The van der Waals surface area contributed by atoms with E-state index in [0.717, 1.165) is 42.7 Å². The molecular weight excluding hydrogens is 471 g/mol. The number of primary amides is 1. The number of carbonyl (C=O) groups is 1. The molecule has 1 saturated heterocycles. The summed E-state index contributed by atoms with van der Waals surface area (Å²) in [5.41, 5.74) is 15.7. The lowest BCUT2D eigenvalue weighted by Crippen LogP contribution is -2.22. The van der Waals surface area contributed by atoms with Crippen LogP contribution in [0.5, 0.6) is 5.75 Å². The molecular formula is C26H28Cl2N4O2. The van der Waals surface area contributed by atoms with Crippen LogP contribution in [0.2, 0.25) is 10.0 Å². The van der Waals surface area contributed by atoms with Gasteiger partial charge in [0.05, 0.1) is 0 Å². The first-order chi connectivity index (χ1) is 16.3. The number of hydrogen-bond acceptors (Lipinski definition) is 5. The number of pyridine rings is 1. The third kappa shape index (κ3) is 5.46. The fraction of sp³-hybridized carbons (Fsp3) is 0.308. The fourth-order valence-electron chi connectivity index (χ4n) is 4.37. The van der Waals surface area contributed by atoms with Crippen molar-refractivity contribution >= 4 is 34.9 Å². The maximum absolute atomic E-state index is 11.8. The molecule has 0 aliphatic carbocycles. The molecule has 1 aliphatic heterocycles. The van der Waals surface area contributed by atoms with E-state index >= 15 is 0 Å². The van der Waals surface area contributed by atoms with Crippen LogP contribution in [0.4, 0.5) is 5.82 Å². The number of nitrogen functional groups attached to an aromatic ring is 1. The highest BCUT2D eigenvalue weighted by Crippen LogP contribution is 2.36. The molecule has 2 heterocycles. The number of halogens is 2. The molecule has 0 spiro atoms. The quantitative estimate of drug-likeness (QED) is 0.426. The predicted molar refractivity (Wildman–Crippen MR) is 137 cm³/mol. The van der Waals surface area contributed by atoms with Crippen molar-refractivity contribution in [3.8, 4) is 16.9 Å². The van der Waals surface area contributed by atoms with Crippen molar-refractivity contribution in [1.29, 1.82) is 0 Å². The van der Waals surface area contributed by atoms with Crippen molar-refractivity contribution in [3.63, 3.8) is 0 Å². The Balaban J connectivity index is 1.65.